The van der Waals surface area contributed by atoms with Gasteiger partial charge in [-0.3, -0.25) is 14.5 Å². The van der Waals surface area contributed by atoms with Crippen molar-refractivity contribution in [2.24, 2.45) is 0 Å². The van der Waals surface area contributed by atoms with Crippen LogP contribution in [-0.4, -0.2) is 90.5 Å². The molecule has 1 aromatic carbocycles. The molecule has 0 radical (unpaired) electrons. The van der Waals surface area contributed by atoms with E-state index in [2.05, 4.69) is 15.3 Å². The van der Waals surface area contributed by atoms with Gasteiger partial charge in [0.15, 0.2) is 0 Å². The minimum atomic E-state index is 0.0397. The molecule has 3 heterocycles. The molecule has 1 aromatic heterocycles. The summed E-state index contributed by atoms with van der Waals surface area (Å²) >= 11 is 3.29. The maximum Gasteiger partial charge on any atom is 0.255 e. The molecule has 166 valence electrons. The highest BCUT2D eigenvalue weighted by Crippen LogP contribution is 2.28. The summed E-state index contributed by atoms with van der Waals surface area (Å²) in [5, 5.41) is 3.13. The Hall–Kier alpha value is -1.94. The third-order valence-electron chi connectivity index (χ3n) is 5.54. The molecule has 0 aliphatic carbocycles. The summed E-state index contributed by atoms with van der Waals surface area (Å²) < 4.78 is 5.35. The molecule has 0 spiro atoms. The molecule has 9 heteroatoms. The van der Waals surface area contributed by atoms with Crippen LogP contribution in [-0.2, 0) is 15.3 Å². The Bertz CT molecular complexity index is 906. The van der Waals surface area contributed by atoms with Crippen molar-refractivity contribution >= 4 is 34.9 Å². The predicted octanol–water partition coefficient (Wildman–Crippen LogP) is 2.36. The normalized spacial score (nSPS) is 17.7. The van der Waals surface area contributed by atoms with Gasteiger partial charge in [-0.2, -0.15) is 0 Å². The van der Waals surface area contributed by atoms with Gasteiger partial charge in [0.1, 0.15) is 0 Å². The van der Waals surface area contributed by atoms with Gasteiger partial charge in [0.05, 0.1) is 36.0 Å². The zero-order chi connectivity index (χ0) is 21.6. The molecule has 2 aliphatic rings. The molecule has 2 aromatic rings. The zero-order valence-corrected chi connectivity index (χ0v) is 19.4. The summed E-state index contributed by atoms with van der Waals surface area (Å²) in [6.07, 6.45) is 0. The largest absolute Gasteiger partial charge is 0.379 e. The average Bonchev–Trinajstić information content (AvgIpc) is 3.23. The van der Waals surface area contributed by atoms with Gasteiger partial charge in [0.2, 0.25) is 5.91 Å². The van der Waals surface area contributed by atoms with E-state index in [1.165, 1.54) is 0 Å². The quantitative estimate of drug-likeness (QED) is 0.617. The number of morpholine rings is 1. The Labute approximate surface area is 191 Å². The van der Waals surface area contributed by atoms with Crippen LogP contribution in [0.4, 0.5) is 0 Å². The molecule has 0 bridgehead atoms. The third-order valence-corrected chi connectivity index (χ3v) is 7.47. The van der Waals surface area contributed by atoms with E-state index in [9.17, 15) is 9.59 Å². The summed E-state index contributed by atoms with van der Waals surface area (Å²) in [5.41, 5.74) is 1.77. The topological polar surface area (TPSA) is 66.0 Å². The number of rotatable bonds is 6. The van der Waals surface area contributed by atoms with Crippen LogP contribution in [0.2, 0.25) is 0 Å². The summed E-state index contributed by atoms with van der Waals surface area (Å²) in [7, 11) is 0. The van der Waals surface area contributed by atoms with Crippen molar-refractivity contribution in [1.82, 2.24) is 19.7 Å². The Kier molecular flexibility index (Phi) is 7.60. The number of thiazole rings is 1. The first-order valence-electron chi connectivity index (χ1n) is 10.6. The Morgan fingerprint density at radius 2 is 1.77 bits per heavy atom. The van der Waals surface area contributed by atoms with Crippen LogP contribution < -0.4 is 0 Å². The van der Waals surface area contributed by atoms with E-state index >= 15 is 0 Å². The maximum absolute atomic E-state index is 13.2. The molecular weight excluding hydrogens is 432 g/mol. The lowest BCUT2D eigenvalue weighted by molar-refractivity contribution is -0.134. The van der Waals surface area contributed by atoms with Crippen molar-refractivity contribution < 1.29 is 14.3 Å². The molecule has 2 amide bonds. The highest BCUT2D eigenvalue weighted by atomic mass is 32.2. The average molecular weight is 461 g/mol. The van der Waals surface area contributed by atoms with Gasteiger partial charge >= 0.3 is 0 Å². The second kappa shape index (κ2) is 10.6. The molecule has 2 aliphatic heterocycles. The van der Waals surface area contributed by atoms with Crippen molar-refractivity contribution in [1.29, 1.82) is 0 Å². The van der Waals surface area contributed by atoms with Gasteiger partial charge in [0, 0.05) is 55.3 Å². The SMILES string of the molecule is Cc1nc(CSc2ccccc2C(=O)N2CCN(C(=O)CN3CCOCC3)CC2)cs1. The second-order valence-electron chi connectivity index (χ2n) is 7.70. The number of aryl methyl sites for hydroxylation is 1. The number of nitrogens with zero attached hydrogens (tertiary/aromatic N) is 4. The van der Waals surface area contributed by atoms with Gasteiger partial charge in [-0.15, -0.1) is 23.1 Å². The van der Waals surface area contributed by atoms with Crippen molar-refractivity contribution in [3.8, 4) is 0 Å². The number of benzene rings is 1. The first-order chi connectivity index (χ1) is 15.1. The standard InChI is InChI=1S/C22H28N4O3S2/c1-17-23-18(15-30-17)16-31-20-5-3-2-4-19(20)22(28)26-8-6-25(7-9-26)21(27)14-24-10-12-29-13-11-24/h2-5,15H,6-14,16H2,1H3. The minimum absolute atomic E-state index is 0.0397. The smallest absolute Gasteiger partial charge is 0.255 e. The van der Waals surface area contributed by atoms with Crippen molar-refractivity contribution in [2.75, 3.05) is 59.0 Å². The van der Waals surface area contributed by atoms with Gasteiger partial charge in [-0.05, 0) is 19.1 Å². The first-order valence-corrected chi connectivity index (χ1v) is 12.5. The minimum Gasteiger partial charge on any atom is -0.379 e. The number of hydrogen-bond acceptors (Lipinski definition) is 7. The zero-order valence-electron chi connectivity index (χ0n) is 17.8. The van der Waals surface area contributed by atoms with Gasteiger partial charge in [0.25, 0.3) is 5.91 Å². The number of carbonyl (C=O) groups is 2. The van der Waals surface area contributed by atoms with Crippen LogP contribution in [0.15, 0.2) is 34.5 Å². The molecule has 0 unspecified atom stereocenters. The Morgan fingerprint density at radius 3 is 2.48 bits per heavy atom. The van der Waals surface area contributed by atoms with Crippen molar-refractivity contribution in [3.63, 3.8) is 0 Å². The fourth-order valence-corrected chi connectivity index (χ4v) is 5.43. The number of hydrogen-bond donors (Lipinski definition) is 0. The van der Waals surface area contributed by atoms with Gasteiger partial charge < -0.3 is 14.5 Å². The van der Waals surface area contributed by atoms with Crippen molar-refractivity contribution in [3.05, 3.63) is 45.9 Å². The fraction of sp³-hybridized carbons (Fsp3) is 0.500. The van der Waals surface area contributed by atoms with Crippen LogP contribution in [0.25, 0.3) is 0 Å². The van der Waals surface area contributed by atoms with E-state index in [0.29, 0.717) is 45.9 Å². The van der Waals surface area contributed by atoms with Gasteiger partial charge in [-0.25, -0.2) is 4.98 Å². The van der Waals surface area contributed by atoms with Gasteiger partial charge in [-0.1, -0.05) is 12.1 Å². The van der Waals surface area contributed by atoms with Crippen LogP contribution in [0.5, 0.6) is 0 Å². The summed E-state index contributed by atoms with van der Waals surface area (Å²) in [6, 6.07) is 7.77. The number of aromatic nitrogens is 1. The third kappa shape index (κ3) is 5.85. The second-order valence-corrected chi connectivity index (χ2v) is 9.78. The molecule has 7 nitrogen and oxygen atoms in total. The van der Waals surface area contributed by atoms with Crippen LogP contribution in [0.3, 0.4) is 0 Å². The first kappa shape index (κ1) is 22.3. The summed E-state index contributed by atoms with van der Waals surface area (Å²) in [4.78, 5) is 37.2. The fourth-order valence-electron chi connectivity index (χ4n) is 3.78. The lowest BCUT2D eigenvalue weighted by Gasteiger charge is -2.36. The molecule has 0 N–H and O–H groups in total. The molecule has 31 heavy (non-hydrogen) atoms. The van der Waals surface area contributed by atoms with Crippen LogP contribution in [0.1, 0.15) is 21.1 Å². The predicted molar refractivity (Wildman–Crippen MR) is 123 cm³/mol. The van der Waals surface area contributed by atoms with Crippen LogP contribution >= 0.6 is 23.1 Å². The number of thioether (sulfide) groups is 1. The highest BCUT2D eigenvalue weighted by Gasteiger charge is 2.27. The molecule has 2 fully saturated rings. The molecule has 4 rings (SSSR count). The van der Waals surface area contributed by atoms with E-state index in [-0.39, 0.29) is 11.8 Å². The summed E-state index contributed by atoms with van der Waals surface area (Å²) in [5.74, 6) is 0.930. The number of amides is 2. The molecule has 0 atom stereocenters. The van der Waals surface area contributed by atoms with Crippen LogP contribution in [0, 0.1) is 6.92 Å². The Morgan fingerprint density at radius 1 is 1.06 bits per heavy atom. The lowest BCUT2D eigenvalue weighted by Crippen LogP contribution is -2.53. The summed E-state index contributed by atoms with van der Waals surface area (Å²) in [6.45, 7) is 7.73. The Balaban J connectivity index is 1.31. The lowest BCUT2D eigenvalue weighted by atomic mass is 10.1. The molecule has 2 saturated heterocycles. The molecule has 0 saturated carbocycles. The maximum atomic E-state index is 13.2. The monoisotopic (exact) mass is 460 g/mol. The van der Waals surface area contributed by atoms with E-state index in [1.54, 1.807) is 23.1 Å². The molecular formula is C22H28N4O3S2. The number of carbonyl (C=O) groups excluding carboxylic acids is 2. The number of ether oxygens (including phenoxy) is 1. The van der Waals surface area contributed by atoms with E-state index in [1.807, 2.05) is 41.0 Å². The highest BCUT2D eigenvalue weighted by molar-refractivity contribution is 7.98. The van der Waals surface area contributed by atoms with Crippen molar-refractivity contribution in [2.45, 2.75) is 17.6 Å². The van der Waals surface area contributed by atoms with E-state index < -0.39 is 0 Å². The van der Waals surface area contributed by atoms with E-state index in [4.69, 9.17) is 4.74 Å². The van der Waals surface area contributed by atoms with E-state index in [0.717, 1.165) is 40.0 Å². The number of piperazine rings is 1.